The molecule has 0 aromatic heterocycles. The zero-order chi connectivity index (χ0) is 15.7. The number of rotatable bonds is 9. The molecule has 0 heterocycles. The summed E-state index contributed by atoms with van der Waals surface area (Å²) in [6.07, 6.45) is 0.663. The maximum atomic E-state index is 11.8. The number of carboxylic acids is 1. The van der Waals surface area contributed by atoms with Gasteiger partial charge in [0.2, 0.25) is 5.91 Å². The molecule has 0 saturated heterocycles. The van der Waals surface area contributed by atoms with Gasteiger partial charge in [0.15, 0.2) is 0 Å². The Balaban J connectivity index is 2.44. The van der Waals surface area contributed by atoms with E-state index in [1.165, 1.54) is 0 Å². The van der Waals surface area contributed by atoms with Crippen LogP contribution >= 0.6 is 11.6 Å². The summed E-state index contributed by atoms with van der Waals surface area (Å²) >= 11 is 5.75. The molecular formula is C14H20ClN3O3. The number of nitrogens with one attached hydrogen (secondary N) is 3. The first-order chi connectivity index (χ1) is 10.0. The second-order valence-corrected chi connectivity index (χ2v) is 5.00. The topological polar surface area (TPSA) is 90.5 Å². The van der Waals surface area contributed by atoms with Crippen molar-refractivity contribution in [3.63, 3.8) is 0 Å². The molecule has 1 rings (SSSR count). The van der Waals surface area contributed by atoms with Crippen LogP contribution in [0.4, 0.5) is 5.69 Å². The molecule has 0 bridgehead atoms. The van der Waals surface area contributed by atoms with Crippen LogP contribution in [-0.2, 0) is 9.59 Å². The van der Waals surface area contributed by atoms with Gasteiger partial charge in [-0.3, -0.25) is 9.59 Å². The van der Waals surface area contributed by atoms with Gasteiger partial charge >= 0.3 is 5.97 Å². The molecule has 0 radical (unpaired) electrons. The van der Waals surface area contributed by atoms with Crippen LogP contribution in [0.15, 0.2) is 24.3 Å². The second kappa shape index (κ2) is 9.33. The van der Waals surface area contributed by atoms with E-state index in [4.69, 9.17) is 16.7 Å². The van der Waals surface area contributed by atoms with Crippen molar-refractivity contribution in [1.29, 1.82) is 0 Å². The molecule has 0 aliphatic heterocycles. The highest BCUT2D eigenvalue weighted by atomic mass is 35.5. The van der Waals surface area contributed by atoms with Gasteiger partial charge in [-0.1, -0.05) is 11.6 Å². The fourth-order valence-electron chi connectivity index (χ4n) is 1.72. The highest BCUT2D eigenvalue weighted by molar-refractivity contribution is 6.30. The largest absolute Gasteiger partial charge is 0.480 e. The average molecular weight is 314 g/mol. The van der Waals surface area contributed by atoms with Crippen molar-refractivity contribution in [1.82, 2.24) is 10.6 Å². The average Bonchev–Trinajstić information content (AvgIpc) is 2.44. The molecule has 1 atom stereocenters. The summed E-state index contributed by atoms with van der Waals surface area (Å²) in [6.45, 7) is 1.32. The second-order valence-electron chi connectivity index (χ2n) is 4.56. The van der Waals surface area contributed by atoms with Crippen LogP contribution in [0, 0.1) is 0 Å². The molecule has 21 heavy (non-hydrogen) atoms. The van der Waals surface area contributed by atoms with Crippen LogP contribution in [-0.4, -0.2) is 43.2 Å². The Hall–Kier alpha value is -1.63. The highest BCUT2D eigenvalue weighted by Gasteiger charge is 2.20. The van der Waals surface area contributed by atoms with Crippen LogP contribution in [0.5, 0.6) is 0 Å². The number of hydrogen-bond acceptors (Lipinski definition) is 4. The quantitative estimate of drug-likeness (QED) is 0.516. The number of halogens is 1. The summed E-state index contributed by atoms with van der Waals surface area (Å²) in [5.74, 6) is -1.39. The standard InChI is InChI=1S/C14H20ClN3O3/c1-16-7-2-8-17-12(14(20)21)9-13(19)18-11-5-3-10(15)4-6-11/h3-6,12,16-17H,2,7-9H2,1H3,(H,18,19)(H,20,21)/t12-/m1/s1. The third-order valence-corrected chi connectivity index (χ3v) is 3.06. The SMILES string of the molecule is CNCCCN[C@H](CC(=O)Nc1ccc(Cl)cc1)C(=O)O. The molecule has 0 aliphatic rings. The summed E-state index contributed by atoms with van der Waals surface area (Å²) in [5, 5.41) is 18.1. The summed E-state index contributed by atoms with van der Waals surface area (Å²) in [5.41, 5.74) is 0.587. The van der Waals surface area contributed by atoms with E-state index in [0.29, 0.717) is 17.3 Å². The van der Waals surface area contributed by atoms with Gasteiger partial charge in [0.25, 0.3) is 0 Å². The third-order valence-electron chi connectivity index (χ3n) is 2.81. The Morgan fingerprint density at radius 1 is 1.24 bits per heavy atom. The van der Waals surface area contributed by atoms with Gasteiger partial charge in [0.1, 0.15) is 6.04 Å². The summed E-state index contributed by atoms with van der Waals surface area (Å²) in [7, 11) is 1.83. The molecule has 1 aromatic rings. The number of aliphatic carboxylic acids is 1. The van der Waals surface area contributed by atoms with E-state index in [9.17, 15) is 9.59 Å². The lowest BCUT2D eigenvalue weighted by atomic mass is 10.2. The Kier molecular flexibility index (Phi) is 7.74. The van der Waals surface area contributed by atoms with Gasteiger partial charge in [0, 0.05) is 10.7 Å². The molecule has 6 nitrogen and oxygen atoms in total. The summed E-state index contributed by atoms with van der Waals surface area (Å²) in [6, 6.07) is 5.74. The van der Waals surface area contributed by atoms with E-state index in [1.54, 1.807) is 24.3 Å². The normalized spacial score (nSPS) is 11.9. The Bertz CT molecular complexity index is 465. The first kappa shape index (κ1) is 17.4. The van der Waals surface area contributed by atoms with E-state index < -0.39 is 12.0 Å². The molecule has 0 saturated carbocycles. The monoisotopic (exact) mass is 313 g/mol. The Morgan fingerprint density at radius 2 is 1.90 bits per heavy atom. The zero-order valence-electron chi connectivity index (χ0n) is 11.9. The molecular weight excluding hydrogens is 294 g/mol. The molecule has 1 amide bonds. The van der Waals surface area contributed by atoms with Gasteiger partial charge in [-0.25, -0.2) is 0 Å². The Labute approximate surface area is 128 Å². The minimum atomic E-state index is -1.04. The van der Waals surface area contributed by atoms with Crippen molar-refractivity contribution >= 4 is 29.2 Å². The van der Waals surface area contributed by atoms with Crippen LogP contribution < -0.4 is 16.0 Å². The Morgan fingerprint density at radius 3 is 2.48 bits per heavy atom. The van der Waals surface area contributed by atoms with Gasteiger partial charge in [0.05, 0.1) is 6.42 Å². The van der Waals surface area contributed by atoms with Crippen molar-refractivity contribution in [2.45, 2.75) is 18.9 Å². The number of carbonyl (C=O) groups excluding carboxylic acids is 1. The maximum Gasteiger partial charge on any atom is 0.321 e. The minimum absolute atomic E-state index is 0.127. The van der Waals surface area contributed by atoms with Crippen molar-refractivity contribution in [2.75, 3.05) is 25.5 Å². The molecule has 116 valence electrons. The van der Waals surface area contributed by atoms with Gasteiger partial charge in [-0.05, 0) is 50.8 Å². The number of carboxylic acid groups (broad SMARTS) is 1. The molecule has 0 aliphatic carbocycles. The molecule has 7 heteroatoms. The van der Waals surface area contributed by atoms with Crippen LogP contribution in [0.3, 0.4) is 0 Å². The first-order valence-corrected chi connectivity index (χ1v) is 7.07. The van der Waals surface area contributed by atoms with E-state index >= 15 is 0 Å². The van der Waals surface area contributed by atoms with Crippen LogP contribution in [0.1, 0.15) is 12.8 Å². The maximum absolute atomic E-state index is 11.8. The van der Waals surface area contributed by atoms with Crippen LogP contribution in [0.25, 0.3) is 0 Å². The molecule has 0 spiro atoms. The van der Waals surface area contributed by atoms with E-state index in [0.717, 1.165) is 13.0 Å². The summed E-state index contributed by atoms with van der Waals surface area (Å²) in [4.78, 5) is 23.0. The minimum Gasteiger partial charge on any atom is -0.480 e. The van der Waals surface area contributed by atoms with Crippen LogP contribution in [0.2, 0.25) is 5.02 Å². The molecule has 0 fully saturated rings. The molecule has 1 aromatic carbocycles. The van der Waals surface area contributed by atoms with Crippen molar-refractivity contribution in [3.05, 3.63) is 29.3 Å². The lowest BCUT2D eigenvalue weighted by molar-refractivity contribution is -0.141. The van der Waals surface area contributed by atoms with E-state index in [2.05, 4.69) is 16.0 Å². The zero-order valence-corrected chi connectivity index (χ0v) is 12.6. The predicted molar refractivity (Wildman–Crippen MR) is 82.7 cm³/mol. The van der Waals surface area contributed by atoms with Crippen molar-refractivity contribution in [2.24, 2.45) is 0 Å². The molecule has 0 unspecified atom stereocenters. The van der Waals surface area contributed by atoms with Gasteiger partial charge in [-0.2, -0.15) is 0 Å². The lowest BCUT2D eigenvalue weighted by Gasteiger charge is -2.14. The number of anilines is 1. The van der Waals surface area contributed by atoms with Crippen molar-refractivity contribution in [3.8, 4) is 0 Å². The number of hydrogen-bond donors (Lipinski definition) is 4. The number of amides is 1. The number of benzene rings is 1. The smallest absolute Gasteiger partial charge is 0.321 e. The number of carbonyl (C=O) groups is 2. The lowest BCUT2D eigenvalue weighted by Crippen LogP contribution is -2.40. The van der Waals surface area contributed by atoms with Gasteiger partial charge < -0.3 is 21.1 Å². The predicted octanol–water partition coefficient (Wildman–Crippen LogP) is 1.32. The first-order valence-electron chi connectivity index (χ1n) is 6.69. The third kappa shape index (κ3) is 7.08. The van der Waals surface area contributed by atoms with E-state index in [-0.39, 0.29) is 12.3 Å². The highest BCUT2D eigenvalue weighted by Crippen LogP contribution is 2.13. The van der Waals surface area contributed by atoms with E-state index in [1.807, 2.05) is 7.05 Å². The fraction of sp³-hybridized carbons (Fsp3) is 0.429. The molecule has 4 N–H and O–H groups in total. The fourth-order valence-corrected chi connectivity index (χ4v) is 1.84. The van der Waals surface area contributed by atoms with Crippen molar-refractivity contribution < 1.29 is 14.7 Å². The van der Waals surface area contributed by atoms with Gasteiger partial charge in [-0.15, -0.1) is 0 Å². The summed E-state index contributed by atoms with van der Waals surface area (Å²) < 4.78 is 0.